The highest BCUT2D eigenvalue weighted by atomic mass is 127. The minimum Gasteiger partial charge on any atom is -0.352 e. The number of amides is 1. The summed E-state index contributed by atoms with van der Waals surface area (Å²) in [4.78, 5) is 24.6. The van der Waals surface area contributed by atoms with Crippen molar-refractivity contribution in [2.24, 2.45) is 4.99 Å². The minimum atomic E-state index is -0.0285. The van der Waals surface area contributed by atoms with Crippen molar-refractivity contribution in [2.45, 2.75) is 20.0 Å². The highest BCUT2D eigenvalue weighted by Gasteiger charge is 2.09. The van der Waals surface area contributed by atoms with Crippen LogP contribution in [0.2, 0.25) is 0 Å². The van der Waals surface area contributed by atoms with E-state index in [1.165, 1.54) is 0 Å². The van der Waals surface area contributed by atoms with Crippen LogP contribution in [-0.2, 0) is 17.9 Å². The number of benzene rings is 1. The van der Waals surface area contributed by atoms with Crippen LogP contribution in [0.15, 0.2) is 34.6 Å². The lowest BCUT2D eigenvalue weighted by Gasteiger charge is -2.21. The zero-order chi connectivity index (χ0) is 19.8. The molecule has 7 nitrogen and oxygen atoms in total. The number of nitrogens with one attached hydrogen (secondary N) is 2. The van der Waals surface area contributed by atoms with Gasteiger partial charge >= 0.3 is 0 Å². The number of hydrogen-bond donors (Lipinski definition) is 2. The second kappa shape index (κ2) is 12.0. The van der Waals surface area contributed by atoms with Crippen molar-refractivity contribution in [2.75, 3.05) is 40.1 Å². The standard InChI is InChI=1S/C19H28N6OS.HI/c1-14-22-17(13-27-14)11-25(5)19(20-2)21-10-15-7-6-8-16(9-15)23-18(26)12-24(3)4;/h6-9,13H,10-12H2,1-5H3,(H,20,21)(H,23,26);1H. The number of carbonyl (C=O) groups excluding carboxylic acids is 1. The maximum absolute atomic E-state index is 11.9. The van der Waals surface area contributed by atoms with E-state index in [0.29, 0.717) is 19.6 Å². The maximum Gasteiger partial charge on any atom is 0.238 e. The van der Waals surface area contributed by atoms with Gasteiger partial charge in [0.1, 0.15) is 0 Å². The first-order valence-electron chi connectivity index (χ1n) is 8.73. The fourth-order valence-electron chi connectivity index (χ4n) is 2.61. The van der Waals surface area contributed by atoms with Crippen LogP contribution < -0.4 is 10.6 Å². The van der Waals surface area contributed by atoms with Gasteiger partial charge in [-0.15, -0.1) is 35.3 Å². The number of halogens is 1. The first-order valence-corrected chi connectivity index (χ1v) is 9.61. The Morgan fingerprint density at radius 1 is 1.29 bits per heavy atom. The van der Waals surface area contributed by atoms with Crippen molar-refractivity contribution >= 4 is 52.9 Å². The van der Waals surface area contributed by atoms with Gasteiger partial charge < -0.3 is 20.4 Å². The summed E-state index contributed by atoms with van der Waals surface area (Å²) in [6.45, 7) is 3.68. The van der Waals surface area contributed by atoms with Gasteiger partial charge in [0.2, 0.25) is 5.91 Å². The number of carbonyl (C=O) groups is 1. The van der Waals surface area contributed by atoms with E-state index in [9.17, 15) is 4.79 Å². The normalized spacial score (nSPS) is 11.1. The quantitative estimate of drug-likeness (QED) is 0.337. The molecule has 1 heterocycles. The van der Waals surface area contributed by atoms with Crippen LogP contribution in [0.3, 0.4) is 0 Å². The maximum atomic E-state index is 11.9. The van der Waals surface area contributed by atoms with Gasteiger partial charge in [0.05, 0.1) is 23.8 Å². The molecule has 0 aliphatic carbocycles. The minimum absolute atomic E-state index is 0. The van der Waals surface area contributed by atoms with Crippen molar-refractivity contribution in [3.63, 3.8) is 0 Å². The molecule has 0 radical (unpaired) electrons. The van der Waals surface area contributed by atoms with Gasteiger partial charge in [-0.2, -0.15) is 0 Å². The molecule has 9 heteroatoms. The molecule has 0 unspecified atom stereocenters. The number of likely N-dealkylation sites (N-methyl/N-ethyl adjacent to an activating group) is 1. The number of hydrogen-bond acceptors (Lipinski definition) is 5. The molecular formula is C19H29IN6OS. The molecule has 2 N–H and O–H groups in total. The molecule has 0 spiro atoms. The molecular weight excluding hydrogens is 487 g/mol. The molecule has 0 atom stereocenters. The van der Waals surface area contributed by atoms with Crippen molar-refractivity contribution in [1.29, 1.82) is 0 Å². The molecule has 154 valence electrons. The monoisotopic (exact) mass is 516 g/mol. The summed E-state index contributed by atoms with van der Waals surface area (Å²) in [7, 11) is 7.49. The van der Waals surface area contributed by atoms with Gasteiger partial charge in [0, 0.05) is 31.7 Å². The number of anilines is 1. The Bertz CT molecular complexity index is 792. The fourth-order valence-corrected chi connectivity index (χ4v) is 3.22. The number of rotatable bonds is 7. The SMILES string of the molecule is CN=C(NCc1cccc(NC(=O)CN(C)C)c1)N(C)Cc1csc(C)n1.I. The Morgan fingerprint density at radius 2 is 2.04 bits per heavy atom. The lowest BCUT2D eigenvalue weighted by Crippen LogP contribution is -2.38. The molecule has 1 aromatic heterocycles. The molecule has 28 heavy (non-hydrogen) atoms. The van der Waals surface area contributed by atoms with Gasteiger partial charge in [0.25, 0.3) is 0 Å². The summed E-state index contributed by atoms with van der Waals surface area (Å²) in [5, 5.41) is 9.41. The van der Waals surface area contributed by atoms with E-state index in [1.807, 2.05) is 62.1 Å². The number of aliphatic imine (C=N–C) groups is 1. The summed E-state index contributed by atoms with van der Waals surface area (Å²) >= 11 is 1.65. The lowest BCUT2D eigenvalue weighted by atomic mass is 10.2. The van der Waals surface area contributed by atoms with Crippen LogP contribution in [0.1, 0.15) is 16.3 Å². The van der Waals surface area contributed by atoms with Crippen LogP contribution in [0.5, 0.6) is 0 Å². The van der Waals surface area contributed by atoms with E-state index >= 15 is 0 Å². The zero-order valence-electron chi connectivity index (χ0n) is 17.0. The summed E-state index contributed by atoms with van der Waals surface area (Å²) in [5.41, 5.74) is 2.90. The zero-order valence-corrected chi connectivity index (χ0v) is 20.2. The largest absolute Gasteiger partial charge is 0.352 e. The Morgan fingerprint density at radius 3 is 2.64 bits per heavy atom. The molecule has 1 aromatic carbocycles. The number of aryl methyl sites for hydroxylation is 1. The van der Waals surface area contributed by atoms with E-state index in [0.717, 1.165) is 27.9 Å². The van der Waals surface area contributed by atoms with E-state index < -0.39 is 0 Å². The average molecular weight is 516 g/mol. The Hall–Kier alpha value is -1.72. The summed E-state index contributed by atoms with van der Waals surface area (Å²) in [5.74, 6) is 0.766. The van der Waals surface area contributed by atoms with Gasteiger partial charge in [0.15, 0.2) is 5.96 Å². The van der Waals surface area contributed by atoms with Crippen molar-refractivity contribution in [3.05, 3.63) is 45.9 Å². The number of aromatic nitrogens is 1. The molecule has 0 aliphatic heterocycles. The van der Waals surface area contributed by atoms with Gasteiger partial charge in [-0.25, -0.2) is 4.98 Å². The van der Waals surface area contributed by atoms with Crippen LogP contribution in [0.25, 0.3) is 0 Å². The third-order valence-electron chi connectivity index (χ3n) is 3.76. The van der Waals surface area contributed by atoms with E-state index in [2.05, 4.69) is 26.0 Å². The molecule has 2 rings (SSSR count). The lowest BCUT2D eigenvalue weighted by molar-refractivity contribution is -0.116. The fraction of sp³-hybridized carbons (Fsp3) is 0.421. The molecule has 1 amide bonds. The van der Waals surface area contributed by atoms with Crippen LogP contribution >= 0.6 is 35.3 Å². The molecule has 0 saturated heterocycles. The van der Waals surface area contributed by atoms with Crippen LogP contribution in [-0.4, -0.2) is 61.4 Å². The molecule has 2 aromatic rings. The van der Waals surface area contributed by atoms with Gasteiger partial charge in [-0.05, 0) is 38.7 Å². The van der Waals surface area contributed by atoms with E-state index in [1.54, 1.807) is 18.4 Å². The predicted molar refractivity (Wildman–Crippen MR) is 128 cm³/mol. The van der Waals surface area contributed by atoms with E-state index in [-0.39, 0.29) is 29.9 Å². The van der Waals surface area contributed by atoms with Crippen LogP contribution in [0.4, 0.5) is 5.69 Å². The van der Waals surface area contributed by atoms with Gasteiger partial charge in [-0.3, -0.25) is 9.79 Å². The highest BCUT2D eigenvalue weighted by Crippen LogP contribution is 2.12. The Balaban J connectivity index is 0.00000392. The van der Waals surface area contributed by atoms with Crippen molar-refractivity contribution in [1.82, 2.24) is 20.1 Å². The summed E-state index contributed by atoms with van der Waals surface area (Å²) in [6, 6.07) is 7.82. The van der Waals surface area contributed by atoms with Crippen molar-refractivity contribution in [3.8, 4) is 0 Å². The smallest absolute Gasteiger partial charge is 0.238 e. The third-order valence-corrected chi connectivity index (χ3v) is 4.58. The van der Waals surface area contributed by atoms with E-state index in [4.69, 9.17) is 0 Å². The molecule has 0 saturated carbocycles. The summed E-state index contributed by atoms with van der Waals surface area (Å²) in [6.07, 6.45) is 0. The average Bonchev–Trinajstić information content (AvgIpc) is 2.99. The second-order valence-corrected chi connectivity index (χ2v) is 7.66. The topological polar surface area (TPSA) is 72.9 Å². The molecule has 0 fully saturated rings. The first kappa shape index (κ1) is 24.3. The number of nitrogens with zero attached hydrogens (tertiary/aromatic N) is 4. The third kappa shape index (κ3) is 8.11. The second-order valence-electron chi connectivity index (χ2n) is 6.60. The number of guanidine groups is 1. The molecule has 0 bridgehead atoms. The molecule has 0 aliphatic rings. The predicted octanol–water partition coefficient (Wildman–Crippen LogP) is 2.78. The summed E-state index contributed by atoms with van der Waals surface area (Å²) < 4.78 is 0. The Labute approximate surface area is 188 Å². The highest BCUT2D eigenvalue weighted by molar-refractivity contribution is 14.0. The number of thiazole rings is 1. The van der Waals surface area contributed by atoms with Crippen molar-refractivity contribution < 1.29 is 4.79 Å². The van der Waals surface area contributed by atoms with Crippen LogP contribution in [0, 0.1) is 6.92 Å². The first-order chi connectivity index (χ1) is 12.9. The Kier molecular flexibility index (Phi) is 10.4. The van der Waals surface area contributed by atoms with Gasteiger partial charge in [-0.1, -0.05) is 12.1 Å².